The van der Waals surface area contributed by atoms with Gasteiger partial charge in [-0.3, -0.25) is 14.2 Å². The number of ether oxygens (including phenoxy) is 1. The van der Waals surface area contributed by atoms with Crippen molar-refractivity contribution in [2.75, 3.05) is 45.9 Å². The van der Waals surface area contributed by atoms with E-state index >= 15 is 0 Å². The van der Waals surface area contributed by atoms with E-state index in [0.29, 0.717) is 6.61 Å². The van der Waals surface area contributed by atoms with Crippen molar-refractivity contribution in [1.82, 2.24) is 29.7 Å². The van der Waals surface area contributed by atoms with E-state index in [1.54, 1.807) is 0 Å². The predicted octanol–water partition coefficient (Wildman–Crippen LogP) is 0.951. The highest BCUT2D eigenvalue weighted by Gasteiger charge is 2.30. The monoisotopic (exact) mass is 413 g/mol. The lowest BCUT2D eigenvalue weighted by Gasteiger charge is -2.37. The van der Waals surface area contributed by atoms with Crippen molar-refractivity contribution in [2.24, 2.45) is 4.99 Å². The maximum atomic E-state index is 12.5. The van der Waals surface area contributed by atoms with Gasteiger partial charge in [0.05, 0.1) is 0 Å². The molecule has 2 aromatic rings. The van der Waals surface area contributed by atoms with Gasteiger partial charge in [-0.25, -0.2) is 0 Å². The Hall–Kier alpha value is -2.68. The van der Waals surface area contributed by atoms with E-state index < -0.39 is 0 Å². The second-order valence-corrected chi connectivity index (χ2v) is 7.70. The number of aliphatic imine (C=N–C) groups is 1. The van der Waals surface area contributed by atoms with Crippen molar-refractivity contribution in [2.45, 2.75) is 38.7 Å². The number of nitrogens with zero attached hydrogens (tertiary/aromatic N) is 6. The van der Waals surface area contributed by atoms with Gasteiger partial charge in [0.15, 0.2) is 11.6 Å². The highest BCUT2D eigenvalue weighted by Crippen LogP contribution is 2.16. The molecule has 9 heteroatoms. The molecule has 1 amide bonds. The molecule has 0 aromatic carbocycles. The summed E-state index contributed by atoms with van der Waals surface area (Å²) in [6, 6.07) is 5.92. The number of carbonyl (C=O) groups is 1. The number of pyridine rings is 1. The van der Waals surface area contributed by atoms with E-state index in [2.05, 4.69) is 27.3 Å². The van der Waals surface area contributed by atoms with Crippen LogP contribution in [0, 0.1) is 0 Å². The third-order valence-electron chi connectivity index (χ3n) is 5.64. The van der Waals surface area contributed by atoms with Gasteiger partial charge in [0.1, 0.15) is 11.9 Å². The number of nitrogens with one attached hydrogen (secondary N) is 1. The zero-order valence-electron chi connectivity index (χ0n) is 17.7. The van der Waals surface area contributed by atoms with Gasteiger partial charge < -0.3 is 19.9 Å². The fourth-order valence-corrected chi connectivity index (χ4v) is 4.02. The van der Waals surface area contributed by atoms with Gasteiger partial charge in [-0.2, -0.15) is 0 Å². The SMILES string of the molecule is CCNC(=NCCCc1nnc2ccccn12)N1CCN(C(=O)C2CCCO2)CC1. The van der Waals surface area contributed by atoms with Crippen molar-refractivity contribution >= 4 is 17.5 Å². The van der Waals surface area contributed by atoms with Crippen LogP contribution in [0.3, 0.4) is 0 Å². The molecule has 4 rings (SSSR count). The molecule has 0 spiro atoms. The first-order valence-electron chi connectivity index (χ1n) is 11.0. The molecule has 1 atom stereocenters. The lowest BCUT2D eigenvalue weighted by atomic mass is 10.2. The van der Waals surface area contributed by atoms with Gasteiger partial charge in [-0.1, -0.05) is 6.07 Å². The molecule has 0 aliphatic carbocycles. The molecule has 2 aromatic heterocycles. The van der Waals surface area contributed by atoms with Crippen LogP contribution in [0.4, 0.5) is 0 Å². The molecule has 1 N–H and O–H groups in total. The number of aryl methyl sites for hydroxylation is 1. The second kappa shape index (κ2) is 9.88. The number of hydrogen-bond donors (Lipinski definition) is 1. The summed E-state index contributed by atoms with van der Waals surface area (Å²) in [6.45, 7) is 7.34. The van der Waals surface area contributed by atoms with Crippen molar-refractivity contribution < 1.29 is 9.53 Å². The molecule has 9 nitrogen and oxygen atoms in total. The minimum Gasteiger partial charge on any atom is -0.368 e. The summed E-state index contributed by atoms with van der Waals surface area (Å²) in [5, 5.41) is 11.9. The number of rotatable bonds is 6. The third-order valence-corrected chi connectivity index (χ3v) is 5.64. The molecule has 162 valence electrons. The maximum Gasteiger partial charge on any atom is 0.251 e. The van der Waals surface area contributed by atoms with Crippen LogP contribution in [0.2, 0.25) is 0 Å². The summed E-state index contributed by atoms with van der Waals surface area (Å²) in [5.41, 5.74) is 0.875. The van der Waals surface area contributed by atoms with E-state index in [9.17, 15) is 4.79 Å². The molecular formula is C21H31N7O2. The molecule has 2 saturated heterocycles. The first kappa shape index (κ1) is 20.6. The predicted molar refractivity (Wildman–Crippen MR) is 114 cm³/mol. The first-order chi connectivity index (χ1) is 14.8. The number of fused-ring (bicyclic) bond motifs is 1. The maximum absolute atomic E-state index is 12.5. The summed E-state index contributed by atoms with van der Waals surface area (Å²) in [5.74, 6) is 2.04. The molecule has 2 aliphatic rings. The fraction of sp³-hybridized carbons (Fsp3) is 0.619. The molecule has 0 radical (unpaired) electrons. The van der Waals surface area contributed by atoms with Crippen LogP contribution in [0.15, 0.2) is 29.4 Å². The summed E-state index contributed by atoms with van der Waals surface area (Å²) in [7, 11) is 0. The Kier molecular flexibility index (Phi) is 6.78. The van der Waals surface area contributed by atoms with Gasteiger partial charge in [0.25, 0.3) is 5.91 Å². The van der Waals surface area contributed by atoms with Crippen LogP contribution in [-0.2, 0) is 16.0 Å². The minimum absolute atomic E-state index is 0.148. The smallest absolute Gasteiger partial charge is 0.251 e. The highest BCUT2D eigenvalue weighted by atomic mass is 16.5. The van der Waals surface area contributed by atoms with Gasteiger partial charge in [0.2, 0.25) is 0 Å². The summed E-state index contributed by atoms with van der Waals surface area (Å²) in [6.07, 6.45) is 5.34. The average molecular weight is 414 g/mol. The lowest BCUT2D eigenvalue weighted by Crippen LogP contribution is -2.55. The minimum atomic E-state index is -0.230. The number of hydrogen-bond acceptors (Lipinski definition) is 5. The summed E-state index contributed by atoms with van der Waals surface area (Å²) >= 11 is 0. The molecule has 1 unspecified atom stereocenters. The highest BCUT2D eigenvalue weighted by molar-refractivity contribution is 5.82. The van der Waals surface area contributed by atoms with Crippen molar-refractivity contribution in [3.63, 3.8) is 0 Å². The van der Waals surface area contributed by atoms with Crippen molar-refractivity contribution in [3.8, 4) is 0 Å². The number of carbonyl (C=O) groups excluding carboxylic acids is 1. The Morgan fingerprint density at radius 1 is 1.23 bits per heavy atom. The van der Waals surface area contributed by atoms with Crippen LogP contribution < -0.4 is 5.32 Å². The van der Waals surface area contributed by atoms with Crippen molar-refractivity contribution in [1.29, 1.82) is 0 Å². The summed E-state index contributed by atoms with van der Waals surface area (Å²) < 4.78 is 7.58. The molecular weight excluding hydrogens is 382 g/mol. The Labute approximate surface area is 177 Å². The van der Waals surface area contributed by atoms with Crippen LogP contribution >= 0.6 is 0 Å². The van der Waals surface area contributed by atoms with E-state index in [0.717, 1.165) is 82.4 Å². The molecule has 30 heavy (non-hydrogen) atoms. The topological polar surface area (TPSA) is 87.4 Å². The summed E-state index contributed by atoms with van der Waals surface area (Å²) in [4.78, 5) is 21.5. The Bertz CT molecular complexity index is 867. The molecule has 2 aliphatic heterocycles. The normalized spacial score (nSPS) is 20.2. The second-order valence-electron chi connectivity index (χ2n) is 7.70. The number of piperazine rings is 1. The first-order valence-corrected chi connectivity index (χ1v) is 11.0. The van der Waals surface area contributed by atoms with Crippen molar-refractivity contribution in [3.05, 3.63) is 30.2 Å². The van der Waals surface area contributed by atoms with E-state index in [-0.39, 0.29) is 12.0 Å². The van der Waals surface area contributed by atoms with Crippen LogP contribution in [0.5, 0.6) is 0 Å². The van der Waals surface area contributed by atoms with E-state index in [1.807, 2.05) is 33.7 Å². The number of amides is 1. The number of aromatic nitrogens is 3. The Morgan fingerprint density at radius 2 is 2.07 bits per heavy atom. The van der Waals surface area contributed by atoms with Crippen LogP contribution in [0.25, 0.3) is 5.65 Å². The Morgan fingerprint density at radius 3 is 2.83 bits per heavy atom. The molecule has 0 bridgehead atoms. The fourth-order valence-electron chi connectivity index (χ4n) is 4.02. The average Bonchev–Trinajstić information content (AvgIpc) is 3.46. The van der Waals surface area contributed by atoms with Gasteiger partial charge in [-0.05, 0) is 38.3 Å². The van der Waals surface area contributed by atoms with Gasteiger partial charge >= 0.3 is 0 Å². The molecule has 0 saturated carbocycles. The van der Waals surface area contributed by atoms with Gasteiger partial charge in [0, 0.05) is 58.5 Å². The van der Waals surface area contributed by atoms with E-state index in [1.165, 1.54) is 0 Å². The molecule has 2 fully saturated rings. The quantitative estimate of drug-likeness (QED) is 0.431. The largest absolute Gasteiger partial charge is 0.368 e. The zero-order chi connectivity index (χ0) is 20.8. The molecule has 4 heterocycles. The standard InChI is InChI=1S/C21H31N7O2/c1-2-22-21(23-10-5-9-19-25-24-18-8-3-4-11-28(18)19)27-14-12-26(13-15-27)20(29)17-7-6-16-30-17/h3-4,8,11,17H,2,5-7,9-10,12-16H2,1H3,(H,22,23). The van der Waals surface area contributed by atoms with Crippen LogP contribution in [0.1, 0.15) is 32.0 Å². The number of guanidine groups is 1. The van der Waals surface area contributed by atoms with Gasteiger partial charge in [-0.15, -0.1) is 10.2 Å². The lowest BCUT2D eigenvalue weighted by molar-refractivity contribution is -0.142. The Balaban J connectivity index is 1.28. The van der Waals surface area contributed by atoms with Crippen LogP contribution in [-0.4, -0.2) is 88.2 Å². The third kappa shape index (κ3) is 4.72. The van der Waals surface area contributed by atoms with E-state index in [4.69, 9.17) is 9.73 Å². The zero-order valence-corrected chi connectivity index (χ0v) is 17.7.